The third-order valence-corrected chi connectivity index (χ3v) is 4.75. The number of anilines is 1. The van der Waals surface area contributed by atoms with Crippen LogP contribution in [-0.4, -0.2) is 28.9 Å². The van der Waals surface area contributed by atoms with Crippen molar-refractivity contribution in [1.82, 2.24) is 14.8 Å². The van der Waals surface area contributed by atoms with Crippen molar-refractivity contribution in [2.75, 3.05) is 19.0 Å². The molecule has 1 aromatic carbocycles. The molecule has 4 nitrogen and oxygen atoms in total. The maximum Gasteiger partial charge on any atom is 0.434 e. The van der Waals surface area contributed by atoms with E-state index in [9.17, 15) is 39.5 Å². The summed E-state index contributed by atoms with van der Waals surface area (Å²) in [7, 11) is 2.49. The van der Waals surface area contributed by atoms with Crippen LogP contribution in [0.4, 0.5) is 45.3 Å². The smallest absolute Gasteiger partial charge is 0.362 e. The molecule has 0 bridgehead atoms. The Morgan fingerprint density at radius 1 is 0.812 bits per heavy atom. The van der Waals surface area contributed by atoms with E-state index in [4.69, 9.17) is 23.2 Å². The molecule has 32 heavy (non-hydrogen) atoms. The molecule has 0 N–H and O–H groups in total. The van der Waals surface area contributed by atoms with Gasteiger partial charge in [0.05, 0.1) is 26.5 Å². The van der Waals surface area contributed by atoms with E-state index in [0.717, 1.165) is 4.90 Å². The lowest BCUT2D eigenvalue weighted by atomic mass is 10.1. The number of halogens is 11. The molecule has 174 valence electrons. The summed E-state index contributed by atoms with van der Waals surface area (Å²) in [6.07, 6.45) is -15.4. The van der Waals surface area contributed by atoms with Crippen molar-refractivity contribution in [3.63, 3.8) is 0 Å². The topological polar surface area (TPSA) is 34.0 Å². The molecule has 0 spiro atoms. The van der Waals surface area contributed by atoms with Crippen LogP contribution < -0.4 is 4.90 Å². The fraction of sp³-hybridized carbons (Fsp3) is 0.294. The Kier molecular flexibility index (Phi) is 5.74. The van der Waals surface area contributed by atoms with Crippen LogP contribution in [0, 0.1) is 0 Å². The first kappa shape index (κ1) is 24.2. The fourth-order valence-electron chi connectivity index (χ4n) is 2.94. The highest BCUT2D eigenvalue weighted by Crippen LogP contribution is 2.44. The molecule has 0 aliphatic rings. The molecule has 0 aliphatic carbocycles. The van der Waals surface area contributed by atoms with E-state index in [0.29, 0.717) is 22.9 Å². The van der Waals surface area contributed by atoms with Crippen LogP contribution in [0.5, 0.6) is 0 Å². The number of nitrogens with zero attached hydrogens (tertiary/aromatic N) is 4. The van der Waals surface area contributed by atoms with Crippen molar-refractivity contribution >= 4 is 39.9 Å². The van der Waals surface area contributed by atoms with Crippen LogP contribution in [0.1, 0.15) is 17.0 Å². The van der Waals surface area contributed by atoms with Crippen LogP contribution in [-0.2, 0) is 18.5 Å². The minimum atomic E-state index is -5.31. The van der Waals surface area contributed by atoms with E-state index in [-0.39, 0.29) is 0 Å². The molecular formula is C17H9Cl2F9N4. The van der Waals surface area contributed by atoms with Gasteiger partial charge in [-0.3, -0.25) is 0 Å². The highest BCUT2D eigenvalue weighted by atomic mass is 35.5. The molecular weight excluding hydrogens is 502 g/mol. The molecule has 0 aliphatic heterocycles. The first-order valence-corrected chi connectivity index (χ1v) is 9.00. The molecule has 0 amide bonds. The van der Waals surface area contributed by atoms with E-state index in [1.165, 1.54) is 14.1 Å². The Hall–Kier alpha value is -2.41. The molecule has 2 heterocycles. The van der Waals surface area contributed by atoms with Crippen LogP contribution in [0.2, 0.25) is 10.0 Å². The number of pyridine rings is 1. The molecule has 3 rings (SSSR count). The fourth-order valence-corrected chi connectivity index (χ4v) is 3.59. The van der Waals surface area contributed by atoms with Crippen molar-refractivity contribution < 1.29 is 39.5 Å². The van der Waals surface area contributed by atoms with Crippen LogP contribution in [0.25, 0.3) is 16.6 Å². The average Bonchev–Trinajstić information content (AvgIpc) is 2.96. The Morgan fingerprint density at radius 3 is 1.75 bits per heavy atom. The predicted molar refractivity (Wildman–Crippen MR) is 98.2 cm³/mol. The minimum Gasteiger partial charge on any atom is -0.362 e. The van der Waals surface area contributed by atoms with Gasteiger partial charge in [-0.15, -0.1) is 0 Å². The number of rotatable bonds is 2. The molecule has 2 aromatic heterocycles. The quantitative estimate of drug-likeness (QED) is 0.353. The van der Waals surface area contributed by atoms with Crippen molar-refractivity contribution in [2.45, 2.75) is 18.5 Å². The lowest BCUT2D eigenvalue weighted by Crippen LogP contribution is -2.18. The van der Waals surface area contributed by atoms with E-state index in [2.05, 4.69) is 10.1 Å². The van der Waals surface area contributed by atoms with Gasteiger partial charge in [0.25, 0.3) is 0 Å². The summed E-state index contributed by atoms with van der Waals surface area (Å²) in [6.45, 7) is 0. The summed E-state index contributed by atoms with van der Waals surface area (Å²) in [5.41, 5.74) is -6.19. The third kappa shape index (κ3) is 4.27. The molecule has 0 radical (unpaired) electrons. The third-order valence-electron chi connectivity index (χ3n) is 4.17. The standard InChI is InChI=1S/C17H9Cl2F9N4/c1-31(2)14-11-9(5-10(16(23,24)25)29-13(11)17(26,27)28)30-32(14)12-7(18)3-6(4-8(12)19)15(20,21)22/h3-5H,1-2H3. The van der Waals surface area contributed by atoms with Gasteiger partial charge in [0.1, 0.15) is 17.2 Å². The van der Waals surface area contributed by atoms with Crippen molar-refractivity contribution in [2.24, 2.45) is 0 Å². The number of benzene rings is 1. The maximum absolute atomic E-state index is 13.6. The summed E-state index contributed by atoms with van der Waals surface area (Å²) < 4.78 is 120. The van der Waals surface area contributed by atoms with Crippen molar-refractivity contribution in [1.29, 1.82) is 0 Å². The van der Waals surface area contributed by atoms with Gasteiger partial charge in [0, 0.05) is 14.1 Å². The average molecular weight is 511 g/mol. The van der Waals surface area contributed by atoms with Crippen molar-refractivity contribution in [3.8, 4) is 5.69 Å². The van der Waals surface area contributed by atoms with Gasteiger partial charge in [0.2, 0.25) is 0 Å². The largest absolute Gasteiger partial charge is 0.434 e. The highest BCUT2D eigenvalue weighted by molar-refractivity contribution is 6.38. The zero-order valence-electron chi connectivity index (χ0n) is 15.7. The van der Waals surface area contributed by atoms with E-state index < -0.39 is 67.9 Å². The predicted octanol–water partition coefficient (Wildman–Crippen LogP) is 6.85. The van der Waals surface area contributed by atoms with Gasteiger partial charge in [0.15, 0.2) is 5.69 Å². The number of alkyl halides is 9. The van der Waals surface area contributed by atoms with Gasteiger partial charge < -0.3 is 4.90 Å². The zero-order chi connectivity index (χ0) is 24.4. The summed E-state index contributed by atoms with van der Waals surface area (Å²) >= 11 is 11.9. The van der Waals surface area contributed by atoms with Gasteiger partial charge in [-0.25, -0.2) is 9.67 Å². The first-order chi connectivity index (χ1) is 14.4. The summed E-state index contributed by atoms with van der Waals surface area (Å²) in [5.74, 6) is -0.447. The van der Waals surface area contributed by atoms with Gasteiger partial charge in [-0.2, -0.15) is 44.6 Å². The number of hydrogen-bond acceptors (Lipinski definition) is 3. The van der Waals surface area contributed by atoms with E-state index in [1.54, 1.807) is 0 Å². The second kappa shape index (κ2) is 7.58. The Morgan fingerprint density at radius 2 is 1.34 bits per heavy atom. The summed E-state index contributed by atoms with van der Waals surface area (Å²) in [5, 5.41) is 1.65. The highest BCUT2D eigenvalue weighted by Gasteiger charge is 2.42. The Balaban J connectivity index is 2.46. The molecule has 0 unspecified atom stereocenters. The molecule has 15 heteroatoms. The lowest BCUT2D eigenvalue weighted by Gasteiger charge is -2.19. The second-order valence-corrected chi connectivity index (χ2v) is 7.48. The van der Waals surface area contributed by atoms with Crippen LogP contribution >= 0.6 is 23.2 Å². The van der Waals surface area contributed by atoms with Gasteiger partial charge in [-0.05, 0) is 18.2 Å². The monoisotopic (exact) mass is 510 g/mol. The molecule has 0 atom stereocenters. The van der Waals surface area contributed by atoms with Crippen LogP contribution in [0.3, 0.4) is 0 Å². The molecule has 0 saturated carbocycles. The zero-order valence-corrected chi connectivity index (χ0v) is 17.2. The number of aromatic nitrogens is 3. The normalized spacial score (nSPS) is 13.2. The maximum atomic E-state index is 13.6. The van der Waals surface area contributed by atoms with E-state index >= 15 is 0 Å². The minimum absolute atomic E-state index is 0.292. The van der Waals surface area contributed by atoms with Crippen LogP contribution in [0.15, 0.2) is 18.2 Å². The summed E-state index contributed by atoms with van der Waals surface area (Å²) in [6, 6.07) is 1.23. The SMILES string of the molecule is CN(C)c1c2c(C(F)(F)F)nc(C(F)(F)F)cc2nn1-c1c(Cl)cc(C(F)(F)F)cc1Cl. The molecule has 0 saturated heterocycles. The Bertz CT molecular complexity index is 1170. The number of fused-ring (bicyclic) bond motifs is 1. The lowest BCUT2D eigenvalue weighted by molar-refractivity contribution is -0.149. The van der Waals surface area contributed by atoms with Gasteiger partial charge in [-0.1, -0.05) is 23.2 Å². The first-order valence-electron chi connectivity index (χ1n) is 8.25. The molecule has 0 fully saturated rings. The van der Waals surface area contributed by atoms with E-state index in [1.807, 2.05) is 0 Å². The number of hydrogen-bond donors (Lipinski definition) is 0. The Labute approximate surface area is 183 Å². The van der Waals surface area contributed by atoms with Crippen molar-refractivity contribution in [3.05, 3.63) is 45.2 Å². The summed E-state index contributed by atoms with van der Waals surface area (Å²) in [4.78, 5) is 3.80. The molecule has 3 aromatic rings. The second-order valence-electron chi connectivity index (χ2n) is 6.66. The van der Waals surface area contributed by atoms with Gasteiger partial charge >= 0.3 is 18.5 Å².